The molecule has 0 amide bonds. The first-order valence-electron chi connectivity index (χ1n) is 9.22. The minimum atomic E-state index is -1.01. The Morgan fingerprint density at radius 3 is 2.54 bits per heavy atom. The number of carboxylic acids is 1. The molecule has 2 aromatic rings. The molecule has 7 nitrogen and oxygen atoms in total. The minimum absolute atomic E-state index is 0.0629. The number of piperidine rings is 1. The van der Waals surface area contributed by atoms with Crippen molar-refractivity contribution in [3.63, 3.8) is 0 Å². The molecule has 1 aromatic heterocycles. The van der Waals surface area contributed by atoms with E-state index in [2.05, 4.69) is 20.5 Å². The zero-order chi connectivity index (χ0) is 17.9. The Labute approximate surface area is 152 Å². The number of nitrogens with zero attached hydrogens (tertiary/aromatic N) is 2. The Morgan fingerprint density at radius 1 is 1.08 bits per heavy atom. The van der Waals surface area contributed by atoms with E-state index in [4.69, 9.17) is 4.74 Å². The van der Waals surface area contributed by atoms with Gasteiger partial charge in [0.1, 0.15) is 17.5 Å². The SMILES string of the molecule is O=C(O)c1ccc2c(OC3CCNCC3)ccc(N3CCNCC3)c2n1. The molecule has 4 rings (SSSR count). The van der Waals surface area contributed by atoms with Gasteiger partial charge in [-0.2, -0.15) is 0 Å². The van der Waals surface area contributed by atoms with E-state index in [1.807, 2.05) is 18.2 Å². The third-order valence-corrected chi connectivity index (χ3v) is 5.05. The minimum Gasteiger partial charge on any atom is -0.490 e. The lowest BCUT2D eigenvalue weighted by Crippen LogP contribution is -2.43. The number of pyridine rings is 1. The highest BCUT2D eigenvalue weighted by molar-refractivity contribution is 5.98. The van der Waals surface area contributed by atoms with Gasteiger partial charge < -0.3 is 25.4 Å². The Bertz CT molecular complexity index is 799. The van der Waals surface area contributed by atoms with E-state index < -0.39 is 5.97 Å². The van der Waals surface area contributed by atoms with Gasteiger partial charge in [-0.15, -0.1) is 0 Å². The highest BCUT2D eigenvalue weighted by Crippen LogP contribution is 2.34. The van der Waals surface area contributed by atoms with Crippen molar-refractivity contribution in [2.24, 2.45) is 0 Å². The maximum Gasteiger partial charge on any atom is 0.354 e. The fraction of sp³-hybridized carbons (Fsp3) is 0.474. The molecule has 138 valence electrons. The summed E-state index contributed by atoms with van der Waals surface area (Å²) < 4.78 is 6.25. The third-order valence-electron chi connectivity index (χ3n) is 5.05. The predicted molar refractivity (Wildman–Crippen MR) is 100 cm³/mol. The van der Waals surface area contributed by atoms with Crippen LogP contribution in [0.4, 0.5) is 5.69 Å². The van der Waals surface area contributed by atoms with Crippen LogP contribution in [0.1, 0.15) is 23.3 Å². The van der Waals surface area contributed by atoms with E-state index in [9.17, 15) is 9.90 Å². The van der Waals surface area contributed by atoms with Crippen LogP contribution in [0.2, 0.25) is 0 Å². The van der Waals surface area contributed by atoms with E-state index >= 15 is 0 Å². The topological polar surface area (TPSA) is 86.7 Å². The van der Waals surface area contributed by atoms with Crippen LogP contribution < -0.4 is 20.3 Å². The summed E-state index contributed by atoms with van der Waals surface area (Å²) >= 11 is 0. The second-order valence-electron chi connectivity index (χ2n) is 6.78. The highest BCUT2D eigenvalue weighted by Gasteiger charge is 2.20. The number of anilines is 1. The van der Waals surface area contributed by atoms with Gasteiger partial charge in [0.15, 0.2) is 0 Å². The maximum absolute atomic E-state index is 11.4. The van der Waals surface area contributed by atoms with Crippen molar-refractivity contribution in [2.75, 3.05) is 44.2 Å². The van der Waals surface area contributed by atoms with Crippen LogP contribution in [0, 0.1) is 0 Å². The molecule has 2 aliphatic rings. The lowest BCUT2D eigenvalue weighted by molar-refractivity contribution is 0.0691. The largest absolute Gasteiger partial charge is 0.490 e. The maximum atomic E-state index is 11.4. The summed E-state index contributed by atoms with van der Waals surface area (Å²) in [5, 5.41) is 16.9. The monoisotopic (exact) mass is 356 g/mol. The fourth-order valence-electron chi connectivity index (χ4n) is 3.65. The van der Waals surface area contributed by atoms with Crippen molar-refractivity contribution in [1.82, 2.24) is 15.6 Å². The summed E-state index contributed by atoms with van der Waals surface area (Å²) in [6, 6.07) is 7.40. The zero-order valence-electron chi connectivity index (χ0n) is 14.7. The van der Waals surface area contributed by atoms with E-state index in [0.29, 0.717) is 5.52 Å². The van der Waals surface area contributed by atoms with Crippen molar-refractivity contribution in [3.8, 4) is 5.75 Å². The number of piperazine rings is 1. The number of nitrogens with one attached hydrogen (secondary N) is 2. The average molecular weight is 356 g/mol. The molecular formula is C19H24N4O3. The van der Waals surface area contributed by atoms with Crippen LogP contribution in [0.15, 0.2) is 24.3 Å². The van der Waals surface area contributed by atoms with Gasteiger partial charge in [0, 0.05) is 31.6 Å². The molecule has 0 spiro atoms. The summed E-state index contributed by atoms with van der Waals surface area (Å²) in [5.74, 6) is -0.224. The van der Waals surface area contributed by atoms with Crippen LogP contribution in [0.25, 0.3) is 10.9 Å². The van der Waals surface area contributed by atoms with Crippen molar-refractivity contribution in [2.45, 2.75) is 18.9 Å². The van der Waals surface area contributed by atoms with Crippen LogP contribution in [-0.2, 0) is 0 Å². The number of hydrogen-bond donors (Lipinski definition) is 3. The predicted octanol–water partition coefficient (Wildman–Crippen LogP) is 1.47. The molecule has 0 atom stereocenters. The molecule has 2 aliphatic heterocycles. The Kier molecular flexibility index (Phi) is 4.90. The number of aromatic carboxylic acids is 1. The second kappa shape index (κ2) is 7.47. The summed E-state index contributed by atoms with van der Waals surface area (Å²) in [6.45, 7) is 5.50. The first-order valence-corrected chi connectivity index (χ1v) is 9.22. The van der Waals surface area contributed by atoms with Gasteiger partial charge >= 0.3 is 5.97 Å². The van der Waals surface area contributed by atoms with Crippen LogP contribution >= 0.6 is 0 Å². The summed E-state index contributed by atoms with van der Waals surface area (Å²) in [4.78, 5) is 18.1. The van der Waals surface area contributed by atoms with E-state index in [-0.39, 0.29) is 11.8 Å². The highest BCUT2D eigenvalue weighted by atomic mass is 16.5. The number of benzene rings is 1. The molecular weight excluding hydrogens is 332 g/mol. The number of carbonyl (C=O) groups is 1. The van der Waals surface area contributed by atoms with Gasteiger partial charge in [-0.3, -0.25) is 0 Å². The van der Waals surface area contributed by atoms with Gasteiger partial charge in [0.2, 0.25) is 0 Å². The number of aromatic nitrogens is 1. The number of rotatable bonds is 4. The molecule has 0 bridgehead atoms. The molecule has 2 saturated heterocycles. The molecule has 0 radical (unpaired) electrons. The number of hydrogen-bond acceptors (Lipinski definition) is 6. The summed E-state index contributed by atoms with van der Waals surface area (Å²) in [5.41, 5.74) is 1.74. The quantitative estimate of drug-likeness (QED) is 0.765. The van der Waals surface area contributed by atoms with Gasteiger partial charge in [-0.05, 0) is 50.2 Å². The molecule has 3 N–H and O–H groups in total. The number of carboxylic acid groups (broad SMARTS) is 1. The molecule has 2 fully saturated rings. The van der Waals surface area contributed by atoms with Crippen molar-refractivity contribution >= 4 is 22.6 Å². The van der Waals surface area contributed by atoms with Crippen molar-refractivity contribution in [1.29, 1.82) is 0 Å². The van der Waals surface area contributed by atoms with Gasteiger partial charge in [0.25, 0.3) is 0 Å². The van der Waals surface area contributed by atoms with E-state index in [1.165, 1.54) is 0 Å². The van der Waals surface area contributed by atoms with E-state index in [1.54, 1.807) is 6.07 Å². The van der Waals surface area contributed by atoms with Crippen LogP contribution in [-0.4, -0.2) is 61.4 Å². The second-order valence-corrected chi connectivity index (χ2v) is 6.78. The van der Waals surface area contributed by atoms with Gasteiger partial charge in [0.05, 0.1) is 11.2 Å². The molecule has 1 aromatic carbocycles. The number of fused-ring (bicyclic) bond motifs is 1. The number of ether oxygens (including phenoxy) is 1. The molecule has 7 heteroatoms. The molecule has 3 heterocycles. The van der Waals surface area contributed by atoms with Crippen LogP contribution in [0.5, 0.6) is 5.75 Å². The Morgan fingerprint density at radius 2 is 1.81 bits per heavy atom. The van der Waals surface area contributed by atoms with Gasteiger partial charge in [-0.1, -0.05) is 0 Å². The lowest BCUT2D eigenvalue weighted by atomic mass is 10.1. The standard InChI is InChI=1S/C19H24N4O3/c24-19(25)15-2-1-14-17(26-13-5-7-20-8-6-13)4-3-16(18(14)22-15)23-11-9-21-10-12-23/h1-4,13,20-21H,5-12H2,(H,24,25). The summed E-state index contributed by atoms with van der Waals surface area (Å²) in [6.07, 6.45) is 2.13. The Balaban J connectivity index is 1.75. The van der Waals surface area contributed by atoms with Crippen molar-refractivity contribution < 1.29 is 14.6 Å². The molecule has 26 heavy (non-hydrogen) atoms. The fourth-order valence-corrected chi connectivity index (χ4v) is 3.65. The molecule has 0 aliphatic carbocycles. The smallest absolute Gasteiger partial charge is 0.354 e. The normalized spacial score (nSPS) is 18.8. The zero-order valence-corrected chi connectivity index (χ0v) is 14.7. The summed E-state index contributed by atoms with van der Waals surface area (Å²) in [7, 11) is 0. The molecule has 0 unspecified atom stereocenters. The Hall–Kier alpha value is -2.38. The average Bonchev–Trinajstić information content (AvgIpc) is 2.69. The molecule has 0 saturated carbocycles. The van der Waals surface area contributed by atoms with Gasteiger partial charge in [-0.25, -0.2) is 9.78 Å². The van der Waals surface area contributed by atoms with Crippen LogP contribution in [0.3, 0.4) is 0 Å². The lowest BCUT2D eigenvalue weighted by Gasteiger charge is -2.31. The van der Waals surface area contributed by atoms with E-state index in [0.717, 1.165) is 68.9 Å². The first-order chi connectivity index (χ1) is 12.7. The first kappa shape index (κ1) is 17.1. The third kappa shape index (κ3) is 3.45. The van der Waals surface area contributed by atoms with Crippen molar-refractivity contribution in [3.05, 3.63) is 30.0 Å².